The number of nitrogens with zero attached hydrogens (tertiary/aromatic N) is 2. The van der Waals surface area contributed by atoms with Gasteiger partial charge in [0.15, 0.2) is 9.84 Å². The molecule has 2 amide bonds. The van der Waals surface area contributed by atoms with Crippen LogP contribution in [0.3, 0.4) is 0 Å². The molecule has 8 heteroatoms. The van der Waals surface area contributed by atoms with E-state index >= 15 is 0 Å². The molecule has 0 aromatic rings. The Bertz CT molecular complexity index is 575. The fraction of sp³-hybridized carbons (Fsp3) is 0.846. The van der Waals surface area contributed by atoms with Crippen LogP contribution in [0.1, 0.15) is 25.7 Å². The third-order valence-corrected chi connectivity index (χ3v) is 6.88. The molecule has 0 aromatic carbocycles. The molecule has 2 bridgehead atoms. The first-order chi connectivity index (χ1) is 9.80. The van der Waals surface area contributed by atoms with E-state index < -0.39 is 21.7 Å². The zero-order chi connectivity index (χ0) is 15.4. The lowest BCUT2D eigenvalue weighted by molar-refractivity contribution is -0.142. The maximum atomic E-state index is 12.6. The van der Waals surface area contributed by atoms with E-state index in [1.165, 1.54) is 4.90 Å². The van der Waals surface area contributed by atoms with E-state index in [9.17, 15) is 23.1 Å². The van der Waals surface area contributed by atoms with Crippen molar-refractivity contribution in [2.24, 2.45) is 5.92 Å². The van der Waals surface area contributed by atoms with Gasteiger partial charge >= 0.3 is 12.0 Å². The Morgan fingerprint density at radius 3 is 2.48 bits per heavy atom. The van der Waals surface area contributed by atoms with Gasteiger partial charge in [-0.05, 0) is 25.7 Å². The predicted molar refractivity (Wildman–Crippen MR) is 74.6 cm³/mol. The van der Waals surface area contributed by atoms with Crippen LogP contribution < -0.4 is 0 Å². The minimum atomic E-state index is -3.04. The van der Waals surface area contributed by atoms with Crippen LogP contribution in [-0.2, 0) is 14.6 Å². The molecular formula is C13H20N2O5S. The van der Waals surface area contributed by atoms with E-state index in [4.69, 9.17) is 0 Å². The second-order valence-corrected chi connectivity index (χ2v) is 8.57. The fourth-order valence-corrected chi connectivity index (χ4v) is 5.75. The molecule has 0 saturated carbocycles. The van der Waals surface area contributed by atoms with Crippen molar-refractivity contribution >= 4 is 21.8 Å². The van der Waals surface area contributed by atoms with Crippen molar-refractivity contribution in [2.75, 3.05) is 18.6 Å². The molecule has 7 nitrogen and oxygen atoms in total. The smallest absolute Gasteiger partial charge is 0.320 e. The summed E-state index contributed by atoms with van der Waals surface area (Å²) in [5, 5.41) is 9.22. The molecule has 4 unspecified atom stereocenters. The predicted octanol–water partition coefficient (Wildman–Crippen LogP) is 0.163. The van der Waals surface area contributed by atoms with Crippen LogP contribution in [-0.4, -0.2) is 72.0 Å². The van der Waals surface area contributed by atoms with Gasteiger partial charge in [-0.2, -0.15) is 0 Å². The second-order valence-electron chi connectivity index (χ2n) is 6.34. The molecule has 118 valence electrons. The minimum absolute atomic E-state index is 0.0101. The Labute approximate surface area is 123 Å². The van der Waals surface area contributed by atoms with Gasteiger partial charge in [0.2, 0.25) is 0 Å². The maximum absolute atomic E-state index is 12.6. The highest BCUT2D eigenvalue weighted by Crippen LogP contribution is 2.42. The summed E-state index contributed by atoms with van der Waals surface area (Å²) in [5.74, 6) is -1.18. The molecule has 0 aliphatic carbocycles. The highest BCUT2D eigenvalue weighted by Gasteiger charge is 2.52. The molecule has 0 radical (unpaired) electrons. The van der Waals surface area contributed by atoms with Crippen LogP contribution in [0.4, 0.5) is 4.79 Å². The van der Waals surface area contributed by atoms with Gasteiger partial charge in [0.25, 0.3) is 0 Å². The van der Waals surface area contributed by atoms with Gasteiger partial charge < -0.3 is 14.9 Å². The second kappa shape index (κ2) is 4.86. The summed E-state index contributed by atoms with van der Waals surface area (Å²) in [6.45, 7) is 0. The molecule has 0 spiro atoms. The molecule has 1 N–H and O–H groups in total. The van der Waals surface area contributed by atoms with Crippen LogP contribution in [0.25, 0.3) is 0 Å². The van der Waals surface area contributed by atoms with Crippen molar-refractivity contribution in [3.63, 3.8) is 0 Å². The molecule has 3 fully saturated rings. The molecule has 4 atom stereocenters. The number of carboxylic acids is 1. The van der Waals surface area contributed by atoms with Gasteiger partial charge in [0.05, 0.1) is 17.4 Å². The SMILES string of the molecule is CN(C(=O)N1C2CCC1C(C(=O)O)C2)C1CCS(=O)(=O)C1. The minimum Gasteiger partial charge on any atom is -0.481 e. The number of carboxylic acid groups (broad SMARTS) is 1. The monoisotopic (exact) mass is 316 g/mol. The zero-order valence-electron chi connectivity index (χ0n) is 11.9. The lowest BCUT2D eigenvalue weighted by atomic mass is 9.89. The number of rotatable bonds is 2. The third-order valence-electron chi connectivity index (χ3n) is 5.13. The molecule has 3 aliphatic heterocycles. The zero-order valence-corrected chi connectivity index (χ0v) is 12.8. The summed E-state index contributed by atoms with van der Waals surface area (Å²) >= 11 is 0. The van der Waals surface area contributed by atoms with E-state index in [0.717, 1.165) is 12.8 Å². The summed E-state index contributed by atoms with van der Waals surface area (Å²) in [4.78, 5) is 27.1. The standard InChI is InChI=1S/C13H20N2O5S/c1-14(9-4-5-21(19,20)7-9)13(18)15-8-2-3-11(15)10(6-8)12(16)17/h8-11H,2-7H2,1H3,(H,16,17). The van der Waals surface area contributed by atoms with Crippen molar-refractivity contribution in [3.8, 4) is 0 Å². The number of urea groups is 1. The van der Waals surface area contributed by atoms with Crippen LogP contribution in [0.5, 0.6) is 0 Å². The van der Waals surface area contributed by atoms with Crippen LogP contribution in [0.2, 0.25) is 0 Å². The van der Waals surface area contributed by atoms with Gasteiger partial charge in [0.1, 0.15) is 0 Å². The molecule has 3 saturated heterocycles. The van der Waals surface area contributed by atoms with Gasteiger partial charge in [-0.15, -0.1) is 0 Å². The Morgan fingerprint density at radius 1 is 1.24 bits per heavy atom. The van der Waals surface area contributed by atoms with Crippen LogP contribution >= 0.6 is 0 Å². The van der Waals surface area contributed by atoms with Crippen molar-refractivity contribution < 1.29 is 23.1 Å². The van der Waals surface area contributed by atoms with Gasteiger partial charge in [0, 0.05) is 25.2 Å². The van der Waals surface area contributed by atoms with Gasteiger partial charge in [-0.1, -0.05) is 0 Å². The molecule has 3 heterocycles. The number of sulfone groups is 1. The lowest BCUT2D eigenvalue weighted by Gasteiger charge is -2.32. The van der Waals surface area contributed by atoms with Crippen molar-refractivity contribution in [1.82, 2.24) is 9.80 Å². The van der Waals surface area contributed by atoms with E-state index in [-0.39, 0.29) is 35.7 Å². The number of fused-ring (bicyclic) bond motifs is 2. The first-order valence-electron chi connectivity index (χ1n) is 7.28. The molecule has 3 aliphatic rings. The molecule has 21 heavy (non-hydrogen) atoms. The molecular weight excluding hydrogens is 296 g/mol. The number of aliphatic carboxylic acids is 1. The highest BCUT2D eigenvalue weighted by molar-refractivity contribution is 7.91. The normalized spacial score (nSPS) is 36.9. The Hall–Kier alpha value is -1.31. The highest BCUT2D eigenvalue weighted by atomic mass is 32.2. The van der Waals surface area contributed by atoms with E-state index in [0.29, 0.717) is 12.8 Å². The average Bonchev–Trinajstić information content (AvgIpc) is 3.08. The lowest BCUT2D eigenvalue weighted by Crippen LogP contribution is -2.49. The van der Waals surface area contributed by atoms with E-state index in [1.807, 2.05) is 0 Å². The number of carbonyl (C=O) groups excluding carboxylic acids is 1. The summed E-state index contributed by atoms with van der Waals surface area (Å²) in [7, 11) is -1.41. The summed E-state index contributed by atoms with van der Waals surface area (Å²) in [5.41, 5.74) is 0. The Balaban J connectivity index is 1.73. The molecule has 0 aromatic heterocycles. The first kappa shape index (κ1) is 14.6. The molecule has 3 rings (SSSR count). The number of amides is 2. The van der Waals surface area contributed by atoms with Crippen molar-refractivity contribution in [2.45, 2.75) is 43.8 Å². The van der Waals surface area contributed by atoms with E-state index in [1.54, 1.807) is 11.9 Å². The maximum Gasteiger partial charge on any atom is 0.320 e. The van der Waals surface area contributed by atoms with Crippen molar-refractivity contribution in [1.29, 1.82) is 0 Å². The van der Waals surface area contributed by atoms with Crippen molar-refractivity contribution in [3.05, 3.63) is 0 Å². The number of hydrogen-bond donors (Lipinski definition) is 1. The topological polar surface area (TPSA) is 95.0 Å². The first-order valence-corrected chi connectivity index (χ1v) is 9.10. The quantitative estimate of drug-likeness (QED) is 0.783. The van der Waals surface area contributed by atoms with Gasteiger partial charge in [-0.25, -0.2) is 13.2 Å². The number of hydrogen-bond acceptors (Lipinski definition) is 4. The summed E-state index contributed by atoms with van der Waals surface area (Å²) in [6.07, 6.45) is 2.56. The van der Waals surface area contributed by atoms with Gasteiger partial charge in [-0.3, -0.25) is 4.79 Å². The van der Waals surface area contributed by atoms with Crippen LogP contribution in [0, 0.1) is 5.92 Å². The average molecular weight is 316 g/mol. The Morgan fingerprint density at radius 2 is 1.95 bits per heavy atom. The third kappa shape index (κ3) is 2.39. The fourth-order valence-electron chi connectivity index (χ4n) is 3.97. The summed E-state index contributed by atoms with van der Waals surface area (Å²) in [6, 6.07) is -0.747. The van der Waals surface area contributed by atoms with Crippen LogP contribution in [0.15, 0.2) is 0 Å². The number of carbonyl (C=O) groups is 2. The summed E-state index contributed by atoms with van der Waals surface area (Å²) < 4.78 is 23.1. The largest absolute Gasteiger partial charge is 0.481 e. The Kier molecular flexibility index (Phi) is 3.38. The van der Waals surface area contributed by atoms with E-state index in [2.05, 4.69) is 0 Å².